The molecule has 6 nitrogen and oxygen atoms in total. The number of pyridine rings is 1. The molecule has 4 atom stereocenters. The van der Waals surface area contributed by atoms with Gasteiger partial charge in [0.2, 0.25) is 5.88 Å². The molecular weight excluding hydrogens is 452 g/mol. The minimum Gasteiger partial charge on any atom is -0.472 e. The van der Waals surface area contributed by atoms with E-state index in [1.807, 2.05) is 0 Å². The molecule has 2 fully saturated rings. The van der Waals surface area contributed by atoms with Gasteiger partial charge in [-0.3, -0.25) is 4.79 Å². The molecule has 5 rings (SSSR count). The zero-order chi connectivity index (χ0) is 27.5. The van der Waals surface area contributed by atoms with Crippen molar-refractivity contribution in [2.45, 2.75) is 44.0 Å². The number of piperidine rings is 1. The quantitative estimate of drug-likeness (QED) is 0.508. The molecule has 2 aromatic heterocycles. The van der Waals surface area contributed by atoms with Crippen LogP contribution in [0, 0.1) is 11.7 Å². The molecule has 1 saturated carbocycles. The van der Waals surface area contributed by atoms with Crippen LogP contribution < -0.4 is 4.74 Å². The number of halogens is 4. The molecule has 1 aliphatic heterocycles. The summed E-state index contributed by atoms with van der Waals surface area (Å²) in [7, 11) is 0. The van der Waals surface area contributed by atoms with E-state index in [0.717, 1.165) is 29.2 Å². The highest BCUT2D eigenvalue weighted by Crippen LogP contribution is 2.45. The van der Waals surface area contributed by atoms with Crippen LogP contribution in [-0.2, 0) is 6.18 Å². The van der Waals surface area contributed by atoms with Gasteiger partial charge in [0.15, 0.2) is 5.82 Å². The van der Waals surface area contributed by atoms with Gasteiger partial charge in [-0.15, -0.1) is 0 Å². The van der Waals surface area contributed by atoms with Gasteiger partial charge in [0, 0.05) is 40.4 Å². The van der Waals surface area contributed by atoms with E-state index in [2.05, 4.69) is 15.0 Å². The van der Waals surface area contributed by atoms with Crippen molar-refractivity contribution in [1.82, 2.24) is 19.9 Å². The summed E-state index contributed by atoms with van der Waals surface area (Å²) in [6.07, 6.45) is -1.80. The summed E-state index contributed by atoms with van der Waals surface area (Å²) in [5, 5.41) is 0. The topological polar surface area (TPSA) is 68.2 Å². The van der Waals surface area contributed by atoms with Crippen LogP contribution in [0.15, 0.2) is 55.0 Å². The van der Waals surface area contributed by atoms with Gasteiger partial charge in [-0.25, -0.2) is 19.3 Å². The lowest BCUT2D eigenvalue weighted by atomic mass is 9.97. The fraction of sp³-hybridized carbons (Fsp3) is 0.333. The van der Waals surface area contributed by atoms with Crippen molar-refractivity contribution in [3.05, 3.63) is 71.9 Å². The van der Waals surface area contributed by atoms with E-state index in [0.29, 0.717) is 6.20 Å². The molecular formula is C24H20F4N4O2. The minimum atomic E-state index is -4.59. The summed E-state index contributed by atoms with van der Waals surface area (Å²) in [5.41, 5.74) is -1.05. The number of benzene rings is 1. The number of carbonyl (C=O) groups excluding carboxylic acids is 1. The van der Waals surface area contributed by atoms with E-state index < -0.39 is 54.4 Å². The Kier molecular flexibility index (Phi) is 4.38. The van der Waals surface area contributed by atoms with E-state index in [1.54, 1.807) is 6.07 Å². The van der Waals surface area contributed by atoms with E-state index in [4.69, 9.17) is 10.2 Å². The number of ether oxygens (including phenoxy) is 1. The van der Waals surface area contributed by atoms with Gasteiger partial charge in [-0.2, -0.15) is 13.2 Å². The van der Waals surface area contributed by atoms with Crippen molar-refractivity contribution in [3.8, 4) is 17.3 Å². The highest BCUT2D eigenvalue weighted by molar-refractivity contribution is 6.00. The molecule has 1 amide bonds. The molecule has 2 bridgehead atoms. The number of amides is 1. The number of fused-ring (bicyclic) bond motifs is 2. The average molecular weight is 476 g/mol. The number of nitrogens with zero attached hydrogens (tertiary/aromatic N) is 4. The lowest BCUT2D eigenvalue weighted by Crippen LogP contribution is -2.51. The largest absolute Gasteiger partial charge is 0.472 e. The van der Waals surface area contributed by atoms with Gasteiger partial charge >= 0.3 is 6.18 Å². The van der Waals surface area contributed by atoms with Gasteiger partial charge in [0.05, 0.1) is 18.5 Å². The number of carbonyl (C=O) groups is 1. The summed E-state index contributed by atoms with van der Waals surface area (Å²) >= 11 is 0. The lowest BCUT2D eigenvalue weighted by molar-refractivity contribution is -0.137. The highest BCUT2D eigenvalue weighted by Gasteiger charge is 2.53. The third-order valence-corrected chi connectivity index (χ3v) is 6.02. The van der Waals surface area contributed by atoms with E-state index >= 15 is 0 Å². The fourth-order valence-electron chi connectivity index (χ4n) is 4.46. The first-order valence-electron chi connectivity index (χ1n) is 12.4. The zero-order valence-corrected chi connectivity index (χ0v) is 17.5. The maximum Gasteiger partial charge on any atom is 0.417 e. The van der Waals surface area contributed by atoms with Crippen molar-refractivity contribution in [1.29, 1.82) is 0 Å². The molecule has 10 heteroatoms. The Hall–Kier alpha value is -3.56. The maximum atomic E-state index is 14.3. The first kappa shape index (κ1) is 17.9. The van der Waals surface area contributed by atoms with Crippen molar-refractivity contribution in [2.75, 3.05) is 0 Å². The third kappa shape index (κ3) is 3.97. The molecule has 1 saturated heterocycles. The second-order valence-corrected chi connectivity index (χ2v) is 8.10. The SMILES string of the molecule is [2H]C([2H])([2H])[C@]1([2H])[C@H]2C[C@@H](Oc3ccc(C(F)(F)F)cn3)[C@H](C2)N1C(=O)c1cc(F)ccc1-c1ncccn1. The Morgan fingerprint density at radius 1 is 1.18 bits per heavy atom. The normalized spacial score (nSPS) is 28.1. The summed E-state index contributed by atoms with van der Waals surface area (Å²) in [4.78, 5) is 26.7. The van der Waals surface area contributed by atoms with Crippen LogP contribution in [0.25, 0.3) is 11.4 Å². The second kappa shape index (κ2) is 8.34. The van der Waals surface area contributed by atoms with Crippen LogP contribution in [0.2, 0.25) is 0 Å². The van der Waals surface area contributed by atoms with Gasteiger partial charge in [0.25, 0.3) is 5.91 Å². The van der Waals surface area contributed by atoms with E-state index in [-0.39, 0.29) is 35.7 Å². The molecule has 176 valence electrons. The number of hydrogen-bond acceptors (Lipinski definition) is 5. The number of rotatable bonds is 4. The molecule has 1 aromatic carbocycles. The van der Waals surface area contributed by atoms with E-state index in [1.165, 1.54) is 18.5 Å². The van der Waals surface area contributed by atoms with Crippen LogP contribution in [0.5, 0.6) is 5.88 Å². The second-order valence-electron chi connectivity index (χ2n) is 8.10. The van der Waals surface area contributed by atoms with E-state index in [9.17, 15) is 22.4 Å². The standard InChI is InChI=1S/C24H20F4N4O2/c1-13-14-9-19(20(10-14)34-21-6-3-15(12-31-21)24(26,27)28)32(13)23(33)18-11-16(25)4-5-17(18)22-29-7-2-8-30-22/h2-8,11-14,19-20H,9-10H2,1H3/t13-,14-,19+,20-/m1/s1/i1D3,13D. The van der Waals surface area contributed by atoms with Crippen LogP contribution in [0.1, 0.15) is 41.1 Å². The van der Waals surface area contributed by atoms with Crippen LogP contribution in [-0.4, -0.2) is 43.9 Å². The molecule has 2 aliphatic rings. The van der Waals surface area contributed by atoms with Crippen LogP contribution in [0.3, 0.4) is 0 Å². The van der Waals surface area contributed by atoms with Gasteiger partial charge in [-0.1, -0.05) is 0 Å². The Labute approximate surface area is 198 Å². The molecule has 1 aliphatic carbocycles. The monoisotopic (exact) mass is 476 g/mol. The summed E-state index contributed by atoms with van der Waals surface area (Å²) in [6.45, 7) is -2.92. The Balaban J connectivity index is 1.52. The number of likely N-dealkylation sites (tertiary alicyclic amines) is 1. The Morgan fingerprint density at radius 2 is 1.97 bits per heavy atom. The first-order valence-corrected chi connectivity index (χ1v) is 10.4. The Bertz CT molecular complexity index is 1360. The van der Waals surface area contributed by atoms with Crippen molar-refractivity contribution in [2.24, 2.45) is 5.92 Å². The lowest BCUT2D eigenvalue weighted by Gasteiger charge is -2.38. The smallest absolute Gasteiger partial charge is 0.417 e. The minimum absolute atomic E-state index is 0.0663. The molecule has 0 spiro atoms. The van der Waals surface area contributed by atoms with Crippen molar-refractivity contribution < 1.29 is 32.6 Å². The predicted molar refractivity (Wildman–Crippen MR) is 113 cm³/mol. The zero-order valence-electron chi connectivity index (χ0n) is 21.5. The number of hydrogen-bond donors (Lipinski definition) is 0. The number of aromatic nitrogens is 3. The molecule has 34 heavy (non-hydrogen) atoms. The first-order chi connectivity index (χ1) is 17.8. The molecule has 0 radical (unpaired) electrons. The molecule has 0 unspecified atom stereocenters. The van der Waals surface area contributed by atoms with Crippen molar-refractivity contribution in [3.63, 3.8) is 0 Å². The highest BCUT2D eigenvalue weighted by atomic mass is 19.4. The Morgan fingerprint density at radius 3 is 2.65 bits per heavy atom. The van der Waals surface area contributed by atoms with Gasteiger partial charge in [0.1, 0.15) is 11.9 Å². The van der Waals surface area contributed by atoms with Gasteiger partial charge < -0.3 is 9.64 Å². The van der Waals surface area contributed by atoms with Crippen molar-refractivity contribution >= 4 is 5.91 Å². The van der Waals surface area contributed by atoms with Gasteiger partial charge in [-0.05, 0) is 55.9 Å². The van der Waals surface area contributed by atoms with Crippen LogP contribution in [0.4, 0.5) is 17.6 Å². The number of alkyl halides is 3. The van der Waals surface area contributed by atoms with Crippen LogP contribution >= 0.6 is 0 Å². The summed E-state index contributed by atoms with van der Waals surface area (Å²) < 4.78 is 92.0. The molecule has 3 heterocycles. The summed E-state index contributed by atoms with van der Waals surface area (Å²) in [6, 6.07) is 3.46. The third-order valence-electron chi connectivity index (χ3n) is 6.02. The molecule has 0 N–H and O–H groups in total. The maximum absolute atomic E-state index is 14.3. The fourth-order valence-corrected chi connectivity index (χ4v) is 4.46. The molecule has 3 aromatic rings. The summed E-state index contributed by atoms with van der Waals surface area (Å²) in [5.74, 6) is -2.56. The predicted octanol–water partition coefficient (Wildman–Crippen LogP) is 4.77. The average Bonchev–Trinajstić information content (AvgIpc) is 3.40.